The Labute approximate surface area is 225 Å². The Morgan fingerprint density at radius 3 is 2.76 bits per heavy atom. The first-order valence-corrected chi connectivity index (χ1v) is 14.1. The molecular formula is C29H38ClN5O2. The number of likely N-dealkylation sites (tertiary alicyclic amines) is 1. The molecule has 0 spiro atoms. The van der Waals surface area contributed by atoms with Crippen LogP contribution in [0, 0.1) is 22.7 Å². The summed E-state index contributed by atoms with van der Waals surface area (Å²) in [5, 5.41) is 13.7. The molecule has 3 fully saturated rings. The number of aromatic nitrogens is 2. The van der Waals surface area contributed by atoms with E-state index in [1.807, 2.05) is 25.3 Å². The summed E-state index contributed by atoms with van der Waals surface area (Å²) in [7, 11) is 1.83. The quantitative estimate of drug-likeness (QED) is 0.499. The summed E-state index contributed by atoms with van der Waals surface area (Å²) in [4.78, 5) is 12.1. The highest BCUT2D eigenvalue weighted by atomic mass is 35.5. The van der Waals surface area contributed by atoms with E-state index in [4.69, 9.17) is 26.1 Å². The molecular weight excluding hydrogens is 486 g/mol. The van der Waals surface area contributed by atoms with Gasteiger partial charge in [-0.1, -0.05) is 17.7 Å². The maximum atomic E-state index is 9.75. The summed E-state index contributed by atoms with van der Waals surface area (Å²) in [5.41, 5.74) is 2.40. The van der Waals surface area contributed by atoms with Gasteiger partial charge in [0.15, 0.2) is 0 Å². The van der Waals surface area contributed by atoms with Gasteiger partial charge in [-0.05, 0) is 75.5 Å². The third-order valence-electron chi connectivity index (χ3n) is 8.57. The summed E-state index contributed by atoms with van der Waals surface area (Å²) in [6.45, 7) is 4.08. The van der Waals surface area contributed by atoms with Crippen molar-refractivity contribution < 1.29 is 9.47 Å². The number of nitrogens with one attached hydrogen (secondary N) is 1. The Kier molecular flexibility index (Phi) is 8.61. The van der Waals surface area contributed by atoms with Crippen LogP contribution in [0.4, 0.5) is 5.82 Å². The Balaban J connectivity index is 1.20. The fourth-order valence-corrected chi connectivity index (χ4v) is 6.31. The third-order valence-corrected chi connectivity index (χ3v) is 8.87. The molecule has 0 unspecified atom stereocenters. The van der Waals surface area contributed by atoms with Crippen LogP contribution in [0.5, 0.6) is 0 Å². The van der Waals surface area contributed by atoms with E-state index in [2.05, 4.69) is 27.3 Å². The largest absolute Gasteiger partial charge is 0.381 e. The van der Waals surface area contributed by atoms with E-state index in [-0.39, 0.29) is 0 Å². The zero-order valence-electron chi connectivity index (χ0n) is 21.8. The second kappa shape index (κ2) is 12.1. The van der Waals surface area contributed by atoms with Crippen LogP contribution in [-0.2, 0) is 15.9 Å². The van der Waals surface area contributed by atoms with Crippen LogP contribution < -0.4 is 5.32 Å². The fraction of sp³-hybridized carbons (Fsp3) is 0.621. The average molecular weight is 524 g/mol. The van der Waals surface area contributed by atoms with E-state index < -0.39 is 5.41 Å². The molecule has 198 valence electrons. The predicted octanol–water partition coefficient (Wildman–Crippen LogP) is 5.35. The minimum atomic E-state index is -0.406. The molecule has 5 rings (SSSR count). The molecule has 3 aliphatic rings. The number of hydrogen-bond acceptors (Lipinski definition) is 7. The van der Waals surface area contributed by atoms with Crippen LogP contribution in [0.2, 0.25) is 5.02 Å². The van der Waals surface area contributed by atoms with E-state index >= 15 is 0 Å². The predicted molar refractivity (Wildman–Crippen MR) is 146 cm³/mol. The molecule has 0 amide bonds. The lowest BCUT2D eigenvalue weighted by molar-refractivity contribution is 0.0455. The van der Waals surface area contributed by atoms with E-state index in [1.54, 1.807) is 6.20 Å². The number of pyridine rings is 2. The van der Waals surface area contributed by atoms with Crippen molar-refractivity contribution in [2.45, 2.75) is 63.5 Å². The van der Waals surface area contributed by atoms with Crippen LogP contribution in [0.25, 0.3) is 11.3 Å². The van der Waals surface area contributed by atoms with Gasteiger partial charge in [0.1, 0.15) is 5.82 Å². The van der Waals surface area contributed by atoms with Crippen LogP contribution in [0.3, 0.4) is 0 Å². The molecule has 8 heteroatoms. The van der Waals surface area contributed by atoms with Crippen LogP contribution in [-0.4, -0.2) is 67.0 Å². The zero-order chi connectivity index (χ0) is 25.7. The topological polar surface area (TPSA) is 83.3 Å². The lowest BCUT2D eigenvalue weighted by Crippen LogP contribution is -2.37. The number of anilines is 1. The summed E-state index contributed by atoms with van der Waals surface area (Å²) in [6.07, 6.45) is 10.8. The maximum absolute atomic E-state index is 9.75. The van der Waals surface area contributed by atoms with Gasteiger partial charge in [-0.3, -0.25) is 9.88 Å². The van der Waals surface area contributed by atoms with Gasteiger partial charge >= 0.3 is 0 Å². The lowest BCUT2D eigenvalue weighted by Gasteiger charge is -2.34. The summed E-state index contributed by atoms with van der Waals surface area (Å²) >= 11 is 6.59. The Bertz CT molecular complexity index is 1090. The molecule has 0 radical (unpaired) electrons. The van der Waals surface area contributed by atoms with Crippen LogP contribution in [0.1, 0.15) is 50.6 Å². The number of rotatable bonds is 8. The molecule has 0 bridgehead atoms. The molecule has 7 nitrogen and oxygen atoms in total. The molecule has 2 aromatic heterocycles. The van der Waals surface area contributed by atoms with Gasteiger partial charge in [-0.25, -0.2) is 4.98 Å². The van der Waals surface area contributed by atoms with Crippen molar-refractivity contribution in [3.05, 3.63) is 41.2 Å². The van der Waals surface area contributed by atoms with E-state index in [0.717, 1.165) is 55.0 Å². The molecule has 0 aromatic carbocycles. The number of hydrogen-bond donors (Lipinski definition) is 1. The molecule has 1 saturated carbocycles. The fourth-order valence-electron chi connectivity index (χ4n) is 6.11. The lowest BCUT2D eigenvalue weighted by atomic mass is 9.82. The van der Waals surface area contributed by atoms with Crippen molar-refractivity contribution in [2.24, 2.45) is 11.3 Å². The molecule has 2 aromatic rings. The Hall–Kier alpha value is -2.24. The van der Waals surface area contributed by atoms with Gasteiger partial charge in [0.05, 0.1) is 28.3 Å². The second-order valence-electron chi connectivity index (χ2n) is 10.9. The van der Waals surface area contributed by atoms with Crippen molar-refractivity contribution >= 4 is 17.4 Å². The summed E-state index contributed by atoms with van der Waals surface area (Å²) in [5.74, 6) is 1.41. The SMILES string of the molecule is CO[C@H]1CCN(C2CCC(Cc3cc(-c4cccc(NCC5(C#N)CCOCC5)n4)c(Cl)cn3)CC2)C1. The van der Waals surface area contributed by atoms with E-state index in [1.165, 1.54) is 32.2 Å². The number of nitriles is 1. The number of ether oxygens (including phenoxy) is 2. The van der Waals surface area contributed by atoms with Gasteiger partial charge < -0.3 is 14.8 Å². The molecule has 1 atom stereocenters. The van der Waals surface area contributed by atoms with Crippen LogP contribution in [0.15, 0.2) is 30.5 Å². The molecule has 1 aliphatic carbocycles. The van der Waals surface area contributed by atoms with Gasteiger partial charge in [0.25, 0.3) is 0 Å². The highest BCUT2D eigenvalue weighted by molar-refractivity contribution is 6.33. The summed E-state index contributed by atoms with van der Waals surface area (Å²) < 4.78 is 11.0. The normalized spacial score (nSPS) is 26.0. The molecule has 4 heterocycles. The van der Waals surface area contributed by atoms with Gasteiger partial charge in [-0.15, -0.1) is 0 Å². The van der Waals surface area contributed by atoms with Crippen molar-refractivity contribution in [3.8, 4) is 17.3 Å². The third kappa shape index (κ3) is 6.43. The van der Waals surface area contributed by atoms with E-state index in [0.29, 0.717) is 42.8 Å². The van der Waals surface area contributed by atoms with Crippen LogP contribution >= 0.6 is 11.6 Å². The molecule has 1 N–H and O–H groups in total. The second-order valence-corrected chi connectivity index (χ2v) is 11.3. The maximum Gasteiger partial charge on any atom is 0.126 e. The zero-order valence-corrected chi connectivity index (χ0v) is 22.6. The first kappa shape index (κ1) is 26.4. The van der Waals surface area contributed by atoms with E-state index in [9.17, 15) is 5.26 Å². The first-order valence-electron chi connectivity index (χ1n) is 13.7. The smallest absolute Gasteiger partial charge is 0.126 e. The Morgan fingerprint density at radius 1 is 1.22 bits per heavy atom. The van der Waals surface area contributed by atoms with Gasteiger partial charge in [0, 0.05) is 63.5 Å². The number of methoxy groups -OCH3 is 1. The Morgan fingerprint density at radius 2 is 2.03 bits per heavy atom. The first-order chi connectivity index (χ1) is 18.1. The number of nitrogens with zero attached hydrogens (tertiary/aromatic N) is 4. The summed E-state index contributed by atoms with van der Waals surface area (Å²) in [6, 6.07) is 11.2. The van der Waals surface area contributed by atoms with Crippen molar-refractivity contribution in [1.29, 1.82) is 5.26 Å². The minimum Gasteiger partial charge on any atom is -0.381 e. The monoisotopic (exact) mass is 523 g/mol. The van der Waals surface area contributed by atoms with Crippen molar-refractivity contribution in [3.63, 3.8) is 0 Å². The standard InChI is InChI=1S/C29H38ClN5O2/c1-36-24-9-12-35(18-24)23-7-5-21(6-8-23)15-22-16-25(26(30)17-32-22)27-3-2-4-28(34-27)33-20-29(19-31)10-13-37-14-11-29/h2-4,16-17,21,23-24H,5-15,18,20H2,1H3,(H,33,34)/t21?,23?,24-/m0/s1. The van der Waals surface area contributed by atoms with Crippen molar-refractivity contribution in [2.75, 3.05) is 45.3 Å². The van der Waals surface area contributed by atoms with Gasteiger partial charge in [0.2, 0.25) is 0 Å². The highest BCUT2D eigenvalue weighted by Gasteiger charge is 2.33. The minimum absolute atomic E-state index is 0.406. The van der Waals surface area contributed by atoms with Crippen molar-refractivity contribution in [1.82, 2.24) is 14.9 Å². The average Bonchev–Trinajstić information content (AvgIpc) is 3.44. The highest BCUT2D eigenvalue weighted by Crippen LogP contribution is 2.34. The number of halogens is 1. The van der Waals surface area contributed by atoms with Gasteiger partial charge in [-0.2, -0.15) is 5.26 Å². The molecule has 2 aliphatic heterocycles. The molecule has 37 heavy (non-hydrogen) atoms. The molecule has 2 saturated heterocycles.